The van der Waals surface area contributed by atoms with Crippen molar-refractivity contribution in [1.82, 2.24) is 5.32 Å². The Kier molecular flexibility index (Phi) is 6.15. The van der Waals surface area contributed by atoms with Gasteiger partial charge in [0, 0.05) is 10.9 Å². The van der Waals surface area contributed by atoms with Gasteiger partial charge in [-0.25, -0.2) is 4.79 Å². The zero-order chi connectivity index (χ0) is 20.3. The highest BCUT2D eigenvalue weighted by Gasteiger charge is 2.45. The molecule has 0 aliphatic heterocycles. The molecule has 29 heavy (non-hydrogen) atoms. The third kappa shape index (κ3) is 4.16. The Balaban J connectivity index is 1.60. The molecule has 0 radical (unpaired) electrons. The first-order valence-electron chi connectivity index (χ1n) is 9.91. The second-order valence-electron chi connectivity index (χ2n) is 7.39. The molecule has 3 aromatic rings. The Morgan fingerprint density at radius 1 is 1.03 bits per heavy atom. The smallest absolute Gasteiger partial charge is 0.349 e. The van der Waals surface area contributed by atoms with Crippen LogP contribution in [0, 0.1) is 0 Å². The van der Waals surface area contributed by atoms with Crippen LogP contribution >= 0.6 is 22.7 Å². The van der Waals surface area contributed by atoms with Gasteiger partial charge in [0.1, 0.15) is 6.10 Å². The summed E-state index contributed by atoms with van der Waals surface area (Å²) in [5, 5.41) is 16.8. The van der Waals surface area contributed by atoms with E-state index >= 15 is 0 Å². The summed E-state index contributed by atoms with van der Waals surface area (Å²) in [5.41, 5.74) is -0.706. The highest BCUT2D eigenvalue weighted by molar-refractivity contribution is 7.16. The fraction of sp³-hybridized carbons (Fsp3) is 0.348. The maximum atomic E-state index is 13.3. The van der Waals surface area contributed by atoms with Crippen molar-refractivity contribution in [2.24, 2.45) is 0 Å². The third-order valence-corrected chi connectivity index (χ3v) is 7.77. The van der Waals surface area contributed by atoms with Crippen LogP contribution in [0.3, 0.4) is 0 Å². The minimum atomic E-state index is -1.77. The number of hydrogen-bond acceptors (Lipinski definition) is 6. The van der Waals surface area contributed by atoms with E-state index in [-0.39, 0.29) is 6.10 Å². The molecular weight excluding hydrogens is 402 g/mol. The second-order valence-corrected chi connectivity index (χ2v) is 9.42. The molecule has 0 spiro atoms. The van der Waals surface area contributed by atoms with Gasteiger partial charge in [-0.15, -0.1) is 22.7 Å². The van der Waals surface area contributed by atoms with E-state index in [0.717, 1.165) is 36.1 Å². The van der Waals surface area contributed by atoms with Gasteiger partial charge >= 0.3 is 5.97 Å². The minimum absolute atomic E-state index is 0.146. The summed E-state index contributed by atoms with van der Waals surface area (Å²) >= 11 is 2.80. The van der Waals surface area contributed by atoms with Crippen molar-refractivity contribution < 1.29 is 14.6 Å². The number of aliphatic hydroxyl groups is 1. The van der Waals surface area contributed by atoms with Gasteiger partial charge in [0.2, 0.25) is 5.60 Å². The van der Waals surface area contributed by atoms with Crippen LogP contribution < -0.4 is 5.32 Å². The van der Waals surface area contributed by atoms with E-state index in [2.05, 4.69) is 5.32 Å². The van der Waals surface area contributed by atoms with Crippen molar-refractivity contribution in [2.75, 3.05) is 7.05 Å². The molecule has 1 aliphatic carbocycles. The van der Waals surface area contributed by atoms with Gasteiger partial charge in [0.05, 0.1) is 9.75 Å². The molecule has 0 unspecified atom stereocenters. The number of carbonyl (C=O) groups is 1. The van der Waals surface area contributed by atoms with Crippen LogP contribution in [-0.4, -0.2) is 30.3 Å². The summed E-state index contributed by atoms with van der Waals surface area (Å²) < 4.78 is 5.84. The van der Waals surface area contributed by atoms with E-state index in [0.29, 0.717) is 15.8 Å². The van der Waals surface area contributed by atoms with E-state index in [1.807, 2.05) is 61.0 Å². The SMILES string of the molecule is CN[C@H]1CC[C@H](OC(=O)[C@](O)(c2cccs2)c2ccc(-c3ccccc3)s2)CC1. The van der Waals surface area contributed by atoms with Gasteiger partial charge < -0.3 is 15.2 Å². The van der Waals surface area contributed by atoms with Crippen molar-refractivity contribution in [3.63, 3.8) is 0 Å². The maximum Gasteiger partial charge on any atom is 0.349 e. The molecule has 4 rings (SSSR count). The van der Waals surface area contributed by atoms with Gasteiger partial charge in [-0.1, -0.05) is 36.4 Å². The van der Waals surface area contributed by atoms with Crippen LogP contribution in [0.25, 0.3) is 10.4 Å². The van der Waals surface area contributed by atoms with Crippen LogP contribution in [-0.2, 0) is 15.1 Å². The Morgan fingerprint density at radius 3 is 2.45 bits per heavy atom. The fourth-order valence-corrected chi connectivity index (χ4v) is 5.80. The summed E-state index contributed by atoms with van der Waals surface area (Å²) in [6.07, 6.45) is 3.44. The molecule has 0 amide bonds. The number of ether oxygens (including phenoxy) is 1. The molecule has 1 aliphatic rings. The average molecular weight is 428 g/mol. The van der Waals surface area contributed by atoms with Gasteiger partial charge in [0.25, 0.3) is 0 Å². The molecule has 2 heterocycles. The monoisotopic (exact) mass is 427 g/mol. The number of esters is 1. The summed E-state index contributed by atoms with van der Waals surface area (Å²) in [5.74, 6) is -0.575. The van der Waals surface area contributed by atoms with Crippen molar-refractivity contribution in [3.05, 3.63) is 69.7 Å². The quantitative estimate of drug-likeness (QED) is 0.556. The molecule has 152 valence electrons. The molecule has 6 heteroatoms. The predicted molar refractivity (Wildman–Crippen MR) is 118 cm³/mol. The van der Waals surface area contributed by atoms with Crippen molar-refractivity contribution in [3.8, 4) is 10.4 Å². The first-order chi connectivity index (χ1) is 14.1. The highest BCUT2D eigenvalue weighted by Crippen LogP contribution is 2.41. The van der Waals surface area contributed by atoms with Crippen LogP contribution in [0.4, 0.5) is 0 Å². The average Bonchev–Trinajstić information content (AvgIpc) is 3.47. The van der Waals surface area contributed by atoms with E-state index < -0.39 is 11.6 Å². The van der Waals surface area contributed by atoms with Crippen LogP contribution in [0.1, 0.15) is 35.4 Å². The second kappa shape index (κ2) is 8.79. The lowest BCUT2D eigenvalue weighted by atomic mass is 9.92. The maximum absolute atomic E-state index is 13.3. The summed E-state index contributed by atoms with van der Waals surface area (Å²) in [6.45, 7) is 0. The molecule has 1 saturated carbocycles. The van der Waals surface area contributed by atoms with Gasteiger partial charge in [0.15, 0.2) is 0 Å². The largest absolute Gasteiger partial charge is 0.460 e. The molecule has 0 bridgehead atoms. The molecule has 1 atom stereocenters. The predicted octanol–water partition coefficient (Wildman–Crippen LogP) is 4.79. The highest BCUT2D eigenvalue weighted by atomic mass is 32.1. The summed E-state index contributed by atoms with van der Waals surface area (Å²) in [7, 11) is 1.97. The molecule has 2 aromatic heterocycles. The van der Waals surface area contributed by atoms with Gasteiger partial charge in [-0.2, -0.15) is 0 Å². The van der Waals surface area contributed by atoms with E-state index in [1.165, 1.54) is 22.7 Å². The Bertz CT molecular complexity index is 930. The van der Waals surface area contributed by atoms with Gasteiger partial charge in [-0.05, 0) is 61.9 Å². The number of thiophene rings is 2. The molecular formula is C23H25NO3S2. The van der Waals surface area contributed by atoms with Crippen LogP contribution in [0.15, 0.2) is 60.0 Å². The normalized spacial score (nSPS) is 21.4. The molecule has 1 fully saturated rings. The first kappa shape index (κ1) is 20.3. The third-order valence-electron chi connectivity index (χ3n) is 5.55. The Hall–Kier alpha value is -1.99. The molecule has 0 saturated heterocycles. The summed E-state index contributed by atoms with van der Waals surface area (Å²) in [6, 6.07) is 17.9. The molecule has 1 aromatic carbocycles. The summed E-state index contributed by atoms with van der Waals surface area (Å²) in [4.78, 5) is 15.4. The Morgan fingerprint density at radius 2 is 1.79 bits per heavy atom. The van der Waals surface area contributed by atoms with E-state index in [4.69, 9.17) is 4.74 Å². The number of nitrogens with one attached hydrogen (secondary N) is 1. The van der Waals surface area contributed by atoms with Crippen molar-refractivity contribution >= 4 is 28.6 Å². The number of carbonyl (C=O) groups excluding carboxylic acids is 1. The Labute approximate surface area is 179 Å². The fourth-order valence-electron chi connectivity index (χ4n) is 3.80. The van der Waals surface area contributed by atoms with Gasteiger partial charge in [-0.3, -0.25) is 0 Å². The van der Waals surface area contributed by atoms with Crippen molar-refractivity contribution in [2.45, 2.75) is 43.4 Å². The number of rotatable bonds is 6. The van der Waals surface area contributed by atoms with E-state index in [9.17, 15) is 9.90 Å². The standard InChI is InChI=1S/C23H25NO3S2/c1-24-17-9-11-18(12-10-17)27-22(25)23(26,20-8-5-15-28-20)21-14-13-19(29-21)16-6-3-2-4-7-16/h2-8,13-15,17-18,24,26H,9-12H2,1H3/t17-,18-,23-/m0/s1. The van der Waals surface area contributed by atoms with E-state index in [1.54, 1.807) is 6.07 Å². The van der Waals surface area contributed by atoms with Crippen molar-refractivity contribution in [1.29, 1.82) is 0 Å². The lowest BCUT2D eigenvalue weighted by Gasteiger charge is -2.31. The minimum Gasteiger partial charge on any atom is -0.460 e. The topological polar surface area (TPSA) is 58.6 Å². The number of hydrogen-bond donors (Lipinski definition) is 2. The zero-order valence-corrected chi connectivity index (χ0v) is 18.0. The van der Waals surface area contributed by atoms with Crippen LogP contribution in [0.2, 0.25) is 0 Å². The first-order valence-corrected chi connectivity index (χ1v) is 11.6. The van der Waals surface area contributed by atoms with Crippen LogP contribution in [0.5, 0.6) is 0 Å². The zero-order valence-electron chi connectivity index (χ0n) is 16.3. The number of benzene rings is 1. The lowest BCUT2D eigenvalue weighted by Crippen LogP contribution is -2.41. The molecule has 2 N–H and O–H groups in total. The lowest BCUT2D eigenvalue weighted by molar-refractivity contribution is -0.169. The molecule has 4 nitrogen and oxygen atoms in total.